The van der Waals surface area contributed by atoms with Crippen LogP contribution in [0, 0.1) is 11.3 Å². The molecule has 3 aromatic rings. The van der Waals surface area contributed by atoms with Gasteiger partial charge in [-0.1, -0.05) is 6.42 Å². The van der Waals surface area contributed by atoms with Crippen LogP contribution in [0.5, 0.6) is 0 Å². The second-order valence-corrected chi connectivity index (χ2v) is 6.75. The van der Waals surface area contributed by atoms with Gasteiger partial charge in [-0.25, -0.2) is 4.98 Å². The van der Waals surface area contributed by atoms with Crippen molar-refractivity contribution in [1.29, 1.82) is 5.26 Å². The second kappa shape index (κ2) is 6.21. The fourth-order valence-corrected chi connectivity index (χ4v) is 3.40. The Morgan fingerprint density at radius 3 is 3.04 bits per heavy atom. The van der Waals surface area contributed by atoms with E-state index in [1.165, 1.54) is 6.42 Å². The number of hydrogen-bond donors (Lipinski definition) is 0. The molecule has 4 rings (SSSR count). The molecule has 24 heavy (non-hydrogen) atoms. The van der Waals surface area contributed by atoms with Gasteiger partial charge in [-0.3, -0.25) is 4.40 Å². The third-order valence-electron chi connectivity index (χ3n) is 4.26. The molecule has 120 valence electrons. The van der Waals surface area contributed by atoms with Crippen LogP contribution in [0.4, 0.5) is 0 Å². The molecule has 0 saturated carbocycles. The van der Waals surface area contributed by atoms with Gasteiger partial charge >= 0.3 is 0 Å². The average Bonchev–Trinajstić information content (AvgIpc) is 3.09. The second-order valence-electron chi connectivity index (χ2n) is 5.83. The summed E-state index contributed by atoms with van der Waals surface area (Å²) >= 11 is 3.47. The van der Waals surface area contributed by atoms with Gasteiger partial charge < -0.3 is 4.57 Å². The van der Waals surface area contributed by atoms with Gasteiger partial charge in [0.05, 0.1) is 17.5 Å². The first kappa shape index (κ1) is 15.1. The highest BCUT2D eigenvalue weighted by molar-refractivity contribution is 9.10. The van der Waals surface area contributed by atoms with E-state index in [1.54, 1.807) is 6.20 Å². The minimum atomic E-state index is 0.512. The summed E-state index contributed by atoms with van der Waals surface area (Å²) in [5.41, 5.74) is 2.19. The normalized spacial score (nSPS) is 15.1. The van der Waals surface area contributed by atoms with Crippen LogP contribution in [0.2, 0.25) is 0 Å². The lowest BCUT2D eigenvalue weighted by Crippen LogP contribution is -2.05. The van der Waals surface area contributed by atoms with Gasteiger partial charge in [0, 0.05) is 23.6 Å². The summed E-state index contributed by atoms with van der Waals surface area (Å²) in [5.74, 6) is 1.63. The highest BCUT2D eigenvalue weighted by Gasteiger charge is 2.18. The van der Waals surface area contributed by atoms with E-state index in [9.17, 15) is 5.26 Å². The summed E-state index contributed by atoms with van der Waals surface area (Å²) < 4.78 is 4.99. The predicted molar refractivity (Wildman–Crippen MR) is 94.0 cm³/mol. The van der Waals surface area contributed by atoms with Crippen molar-refractivity contribution in [1.82, 2.24) is 24.1 Å². The first-order valence-corrected chi connectivity index (χ1v) is 8.72. The van der Waals surface area contributed by atoms with Crippen LogP contribution in [0.1, 0.15) is 36.6 Å². The van der Waals surface area contributed by atoms with Crippen molar-refractivity contribution < 1.29 is 0 Å². The maximum atomic E-state index is 9.66. The summed E-state index contributed by atoms with van der Waals surface area (Å²) in [6, 6.07) is 6.15. The van der Waals surface area contributed by atoms with E-state index >= 15 is 0 Å². The van der Waals surface area contributed by atoms with E-state index in [4.69, 9.17) is 0 Å². The topological polar surface area (TPSA) is 71.8 Å². The van der Waals surface area contributed by atoms with Gasteiger partial charge in [0.1, 0.15) is 17.5 Å². The first-order valence-electron chi connectivity index (χ1n) is 7.93. The van der Waals surface area contributed by atoms with Crippen molar-refractivity contribution in [3.8, 4) is 6.07 Å². The molecule has 0 radical (unpaired) electrons. The lowest BCUT2D eigenvalue weighted by molar-refractivity contribution is 0.627. The highest BCUT2D eigenvalue weighted by atomic mass is 79.9. The molecular weight excluding hydrogens is 368 g/mol. The Kier molecular flexibility index (Phi) is 3.90. The smallest absolute Gasteiger partial charge is 0.174 e. The monoisotopic (exact) mass is 382 g/mol. The zero-order valence-electron chi connectivity index (χ0n) is 13.0. The van der Waals surface area contributed by atoms with Crippen LogP contribution in [-0.2, 0) is 13.0 Å². The molecule has 0 fully saturated rings. The molecule has 0 amide bonds. The van der Waals surface area contributed by atoms with E-state index in [-0.39, 0.29) is 0 Å². The number of fused-ring (bicyclic) bond motifs is 2. The number of pyridine rings is 1. The molecule has 6 nitrogen and oxygen atoms in total. The summed E-state index contributed by atoms with van der Waals surface area (Å²) in [4.78, 5) is 4.38. The van der Waals surface area contributed by atoms with Crippen molar-refractivity contribution in [3.05, 3.63) is 46.3 Å². The zero-order chi connectivity index (χ0) is 16.5. The lowest BCUT2D eigenvalue weighted by atomic mass is 10.2. The van der Waals surface area contributed by atoms with Crippen molar-refractivity contribution >= 4 is 33.2 Å². The van der Waals surface area contributed by atoms with E-state index in [0.29, 0.717) is 11.4 Å². The van der Waals surface area contributed by atoms with Gasteiger partial charge in [0.15, 0.2) is 5.82 Å². The van der Waals surface area contributed by atoms with Crippen molar-refractivity contribution in [2.24, 2.45) is 0 Å². The van der Waals surface area contributed by atoms with E-state index in [1.807, 2.05) is 28.8 Å². The van der Waals surface area contributed by atoms with Crippen molar-refractivity contribution in [2.45, 2.75) is 32.2 Å². The molecule has 0 aromatic carbocycles. The summed E-state index contributed by atoms with van der Waals surface area (Å²) in [7, 11) is 0. The SMILES string of the molecule is N#CC(=Cc1cnc2ccc(Br)cn12)c1nnc2n1CCCCC2. The molecule has 3 aromatic heterocycles. The number of nitriles is 1. The predicted octanol–water partition coefficient (Wildman–Crippen LogP) is 3.48. The third kappa shape index (κ3) is 2.63. The lowest BCUT2D eigenvalue weighted by Gasteiger charge is -2.05. The number of hydrogen-bond acceptors (Lipinski definition) is 4. The maximum absolute atomic E-state index is 9.66. The quantitative estimate of drug-likeness (QED) is 0.636. The minimum Gasteiger partial charge on any atom is -0.310 e. The molecule has 1 aliphatic heterocycles. The molecule has 0 saturated heterocycles. The number of aromatic nitrogens is 5. The zero-order valence-corrected chi connectivity index (χ0v) is 14.6. The number of aryl methyl sites for hydroxylation is 1. The van der Waals surface area contributed by atoms with Gasteiger partial charge in [-0.05, 0) is 47.0 Å². The van der Waals surface area contributed by atoms with Crippen LogP contribution >= 0.6 is 15.9 Å². The van der Waals surface area contributed by atoms with Gasteiger partial charge in [0.25, 0.3) is 0 Å². The number of imidazole rings is 1. The molecule has 0 bridgehead atoms. The van der Waals surface area contributed by atoms with Crippen LogP contribution in [-0.4, -0.2) is 24.1 Å². The van der Waals surface area contributed by atoms with E-state index < -0.39 is 0 Å². The Morgan fingerprint density at radius 1 is 1.25 bits per heavy atom. The highest BCUT2D eigenvalue weighted by Crippen LogP contribution is 2.22. The average molecular weight is 383 g/mol. The summed E-state index contributed by atoms with van der Waals surface area (Å²) in [6.07, 6.45) is 9.87. The number of nitrogens with zero attached hydrogens (tertiary/aromatic N) is 6. The van der Waals surface area contributed by atoms with Crippen LogP contribution in [0.15, 0.2) is 29.0 Å². The number of halogens is 1. The van der Waals surface area contributed by atoms with Crippen LogP contribution < -0.4 is 0 Å². The van der Waals surface area contributed by atoms with Gasteiger partial charge in [-0.2, -0.15) is 5.26 Å². The molecule has 0 aliphatic carbocycles. The van der Waals surface area contributed by atoms with Gasteiger partial charge in [-0.15, -0.1) is 10.2 Å². The molecule has 0 unspecified atom stereocenters. The Morgan fingerprint density at radius 2 is 2.17 bits per heavy atom. The Hall–Kier alpha value is -2.46. The van der Waals surface area contributed by atoms with Crippen LogP contribution in [0.25, 0.3) is 17.3 Å². The number of allylic oxidation sites excluding steroid dienone is 1. The van der Waals surface area contributed by atoms with E-state index in [0.717, 1.165) is 47.4 Å². The van der Waals surface area contributed by atoms with Gasteiger partial charge in [0.2, 0.25) is 0 Å². The summed E-state index contributed by atoms with van der Waals surface area (Å²) in [6.45, 7) is 0.870. The fraction of sp³-hybridized carbons (Fsp3) is 0.294. The molecular formula is C17H15BrN6. The third-order valence-corrected chi connectivity index (χ3v) is 4.73. The minimum absolute atomic E-state index is 0.512. The maximum Gasteiger partial charge on any atom is 0.174 e. The molecule has 0 atom stereocenters. The number of rotatable bonds is 2. The first-order chi connectivity index (χ1) is 11.8. The van der Waals surface area contributed by atoms with Crippen molar-refractivity contribution in [3.63, 3.8) is 0 Å². The Labute approximate surface area is 147 Å². The molecule has 4 heterocycles. The van der Waals surface area contributed by atoms with Crippen molar-refractivity contribution in [2.75, 3.05) is 0 Å². The Balaban J connectivity index is 1.81. The molecule has 0 spiro atoms. The Bertz CT molecular complexity index is 975. The summed E-state index contributed by atoms with van der Waals surface area (Å²) in [5, 5.41) is 18.2. The largest absolute Gasteiger partial charge is 0.310 e. The molecule has 1 aliphatic rings. The fourth-order valence-electron chi connectivity index (χ4n) is 3.06. The molecule has 7 heteroatoms. The van der Waals surface area contributed by atoms with E-state index in [2.05, 4.69) is 41.7 Å². The molecule has 0 N–H and O–H groups in total. The van der Waals surface area contributed by atoms with Crippen LogP contribution in [0.3, 0.4) is 0 Å². The standard InChI is InChI=1S/C17H15BrN6/c18-13-5-6-15-20-10-14(24(15)11-13)8-12(9-19)17-22-21-16-4-2-1-3-7-23(16)17/h5-6,8,10-11H,1-4,7H2.